The molecule has 7 nitrogen and oxygen atoms in total. The molecule has 0 spiro atoms. The molecule has 1 N–H and O–H groups in total. The Morgan fingerprint density at radius 2 is 1.83 bits per heavy atom. The van der Waals surface area contributed by atoms with Crippen molar-refractivity contribution in [2.24, 2.45) is 0 Å². The molecule has 1 fully saturated rings. The third-order valence-electron chi connectivity index (χ3n) is 4.85. The minimum absolute atomic E-state index is 0.171. The Bertz CT molecular complexity index is 1040. The van der Waals surface area contributed by atoms with Crippen LogP contribution in [0, 0.1) is 13.8 Å². The number of carbonyl (C=O) groups excluding carboxylic acids is 1. The van der Waals surface area contributed by atoms with Crippen molar-refractivity contribution in [2.75, 3.05) is 31.6 Å². The van der Waals surface area contributed by atoms with E-state index < -0.39 is 16.1 Å². The Morgan fingerprint density at radius 1 is 1.13 bits per heavy atom. The van der Waals surface area contributed by atoms with E-state index in [0.29, 0.717) is 48.3 Å². The van der Waals surface area contributed by atoms with Crippen molar-refractivity contribution in [2.45, 2.75) is 31.8 Å². The molecule has 1 aliphatic rings. The number of benzene rings is 2. The average molecular weight is 453 g/mol. The summed E-state index contributed by atoms with van der Waals surface area (Å²) in [6.45, 7) is 6.56. The van der Waals surface area contributed by atoms with Gasteiger partial charge >= 0.3 is 0 Å². The van der Waals surface area contributed by atoms with Gasteiger partial charge in [-0.2, -0.15) is 4.31 Å². The molecule has 2 aromatic carbocycles. The SMILES string of the molecule is Cc1cc(Cl)ccc1OC(C)C(=O)Nc1ccc(C)c(S(=O)(=O)N2CCOCC2)c1. The molecule has 1 amide bonds. The van der Waals surface area contributed by atoms with Crippen LogP contribution in [0.2, 0.25) is 5.02 Å². The van der Waals surface area contributed by atoms with E-state index in [4.69, 9.17) is 21.1 Å². The number of anilines is 1. The minimum Gasteiger partial charge on any atom is -0.481 e. The molecular weight excluding hydrogens is 428 g/mol. The summed E-state index contributed by atoms with van der Waals surface area (Å²) in [6.07, 6.45) is -0.787. The first-order valence-corrected chi connectivity index (χ1v) is 11.4. The van der Waals surface area contributed by atoms with Crippen LogP contribution in [0.5, 0.6) is 5.75 Å². The average Bonchev–Trinajstić information content (AvgIpc) is 2.72. The van der Waals surface area contributed by atoms with E-state index in [1.54, 1.807) is 44.2 Å². The molecule has 30 heavy (non-hydrogen) atoms. The van der Waals surface area contributed by atoms with Gasteiger partial charge in [0, 0.05) is 23.8 Å². The quantitative estimate of drug-likeness (QED) is 0.726. The molecule has 3 rings (SSSR count). The zero-order valence-corrected chi connectivity index (χ0v) is 18.7. The standard InChI is InChI=1S/C21H25ClN2O5S/c1-14-4-6-18(13-20(14)30(26,27)24-8-10-28-11-9-24)23-21(25)16(3)29-19-7-5-17(22)12-15(19)2/h4-7,12-13,16H,8-11H2,1-3H3,(H,23,25). The highest BCUT2D eigenvalue weighted by Crippen LogP contribution is 2.26. The zero-order valence-electron chi connectivity index (χ0n) is 17.1. The van der Waals surface area contributed by atoms with Gasteiger partial charge in [-0.15, -0.1) is 0 Å². The highest BCUT2D eigenvalue weighted by atomic mass is 35.5. The van der Waals surface area contributed by atoms with E-state index in [-0.39, 0.29) is 10.8 Å². The summed E-state index contributed by atoms with van der Waals surface area (Å²) in [5, 5.41) is 3.33. The lowest BCUT2D eigenvalue weighted by molar-refractivity contribution is -0.122. The van der Waals surface area contributed by atoms with Crippen molar-refractivity contribution >= 4 is 33.2 Å². The summed E-state index contributed by atoms with van der Waals surface area (Å²) >= 11 is 5.95. The van der Waals surface area contributed by atoms with Crippen molar-refractivity contribution in [3.63, 3.8) is 0 Å². The van der Waals surface area contributed by atoms with E-state index in [1.165, 1.54) is 10.4 Å². The smallest absolute Gasteiger partial charge is 0.265 e. The number of hydrogen-bond acceptors (Lipinski definition) is 5. The fourth-order valence-electron chi connectivity index (χ4n) is 3.11. The van der Waals surface area contributed by atoms with Crippen molar-refractivity contribution in [1.29, 1.82) is 0 Å². The molecule has 0 aliphatic carbocycles. The van der Waals surface area contributed by atoms with Gasteiger partial charge in [-0.25, -0.2) is 8.42 Å². The van der Waals surface area contributed by atoms with Crippen LogP contribution in [-0.4, -0.2) is 51.0 Å². The Morgan fingerprint density at radius 3 is 2.50 bits per heavy atom. The largest absolute Gasteiger partial charge is 0.481 e. The fourth-order valence-corrected chi connectivity index (χ4v) is 5.00. The van der Waals surface area contributed by atoms with Crippen LogP contribution in [0.3, 0.4) is 0 Å². The highest BCUT2D eigenvalue weighted by molar-refractivity contribution is 7.89. The summed E-state index contributed by atoms with van der Waals surface area (Å²) < 4.78 is 38.4. The molecule has 9 heteroatoms. The molecular formula is C21H25ClN2O5S. The van der Waals surface area contributed by atoms with Gasteiger partial charge in [-0.1, -0.05) is 17.7 Å². The second-order valence-electron chi connectivity index (χ2n) is 7.16. The third kappa shape index (κ3) is 5.13. The van der Waals surface area contributed by atoms with Crippen LogP contribution in [-0.2, 0) is 19.6 Å². The highest BCUT2D eigenvalue weighted by Gasteiger charge is 2.28. The number of sulfonamides is 1. The van der Waals surface area contributed by atoms with Gasteiger partial charge < -0.3 is 14.8 Å². The van der Waals surface area contributed by atoms with Gasteiger partial charge in [0.05, 0.1) is 18.1 Å². The molecule has 0 radical (unpaired) electrons. The summed E-state index contributed by atoms with van der Waals surface area (Å²) in [7, 11) is -3.67. The Labute approximate surface area is 182 Å². The van der Waals surface area contributed by atoms with Gasteiger partial charge in [-0.3, -0.25) is 4.79 Å². The van der Waals surface area contributed by atoms with Crippen LogP contribution >= 0.6 is 11.6 Å². The first-order chi connectivity index (χ1) is 14.2. The second-order valence-corrected chi connectivity index (χ2v) is 9.50. The van der Waals surface area contributed by atoms with Crippen molar-refractivity contribution in [3.05, 3.63) is 52.5 Å². The van der Waals surface area contributed by atoms with Crippen molar-refractivity contribution in [3.8, 4) is 5.75 Å². The molecule has 1 unspecified atom stereocenters. The zero-order chi connectivity index (χ0) is 21.9. The number of carbonyl (C=O) groups is 1. The van der Waals surface area contributed by atoms with Gasteiger partial charge in [0.1, 0.15) is 5.75 Å². The molecule has 1 heterocycles. The first-order valence-electron chi connectivity index (χ1n) is 9.60. The predicted molar refractivity (Wildman–Crippen MR) is 116 cm³/mol. The lowest BCUT2D eigenvalue weighted by Gasteiger charge is -2.27. The number of amides is 1. The van der Waals surface area contributed by atoms with Gasteiger partial charge in [0.15, 0.2) is 6.10 Å². The fraction of sp³-hybridized carbons (Fsp3) is 0.381. The number of nitrogens with one attached hydrogen (secondary N) is 1. The van der Waals surface area contributed by atoms with E-state index in [2.05, 4.69) is 5.32 Å². The molecule has 1 atom stereocenters. The van der Waals surface area contributed by atoms with Crippen molar-refractivity contribution < 1.29 is 22.7 Å². The summed E-state index contributed by atoms with van der Waals surface area (Å²) in [5.41, 5.74) is 1.82. The Balaban J connectivity index is 1.75. The van der Waals surface area contributed by atoms with Gasteiger partial charge in [0.25, 0.3) is 5.91 Å². The molecule has 0 saturated carbocycles. The maximum atomic E-state index is 13.0. The molecule has 162 valence electrons. The van der Waals surface area contributed by atoms with E-state index >= 15 is 0 Å². The number of rotatable bonds is 6. The third-order valence-corrected chi connectivity index (χ3v) is 7.13. The van der Waals surface area contributed by atoms with Crippen molar-refractivity contribution in [1.82, 2.24) is 4.31 Å². The molecule has 1 saturated heterocycles. The van der Waals surface area contributed by atoms with Gasteiger partial charge in [-0.05, 0) is 62.2 Å². The topological polar surface area (TPSA) is 84.9 Å². The summed E-state index contributed by atoms with van der Waals surface area (Å²) in [4.78, 5) is 12.8. The molecule has 1 aliphatic heterocycles. The number of ether oxygens (including phenoxy) is 2. The van der Waals surface area contributed by atoms with Crippen LogP contribution < -0.4 is 10.1 Å². The lowest BCUT2D eigenvalue weighted by Crippen LogP contribution is -2.40. The van der Waals surface area contributed by atoms with Crippen LogP contribution in [0.4, 0.5) is 5.69 Å². The van der Waals surface area contributed by atoms with Crippen LogP contribution in [0.25, 0.3) is 0 Å². The monoisotopic (exact) mass is 452 g/mol. The minimum atomic E-state index is -3.67. The summed E-state index contributed by atoms with van der Waals surface area (Å²) in [6, 6.07) is 9.99. The Kier molecular flexibility index (Phi) is 7.02. The number of nitrogens with zero attached hydrogens (tertiary/aromatic N) is 1. The normalized spacial score (nSPS) is 16.1. The maximum Gasteiger partial charge on any atom is 0.265 e. The summed E-state index contributed by atoms with van der Waals surface area (Å²) in [5.74, 6) is 0.171. The van der Waals surface area contributed by atoms with Crippen LogP contribution in [0.1, 0.15) is 18.1 Å². The number of hydrogen-bond donors (Lipinski definition) is 1. The van der Waals surface area contributed by atoms with E-state index in [9.17, 15) is 13.2 Å². The van der Waals surface area contributed by atoms with Crippen LogP contribution in [0.15, 0.2) is 41.3 Å². The van der Waals surface area contributed by atoms with E-state index in [1.807, 2.05) is 6.92 Å². The number of halogens is 1. The number of morpholine rings is 1. The number of aryl methyl sites for hydroxylation is 2. The molecule has 0 bridgehead atoms. The van der Waals surface area contributed by atoms with Gasteiger partial charge in [0.2, 0.25) is 10.0 Å². The lowest BCUT2D eigenvalue weighted by atomic mass is 10.2. The predicted octanol–water partition coefficient (Wildman–Crippen LogP) is 3.38. The second kappa shape index (κ2) is 9.34. The molecule has 0 aromatic heterocycles. The molecule has 2 aromatic rings. The first kappa shape index (κ1) is 22.6. The Hall–Kier alpha value is -2.13. The van der Waals surface area contributed by atoms with E-state index in [0.717, 1.165) is 5.56 Å². The maximum absolute atomic E-state index is 13.0.